The fourth-order valence-corrected chi connectivity index (χ4v) is 2.94. The van der Waals surface area contributed by atoms with Crippen molar-refractivity contribution >= 4 is 0 Å². The smallest absolute Gasteiger partial charge is 0.128 e. The van der Waals surface area contributed by atoms with Gasteiger partial charge < -0.3 is 5.73 Å². The van der Waals surface area contributed by atoms with Gasteiger partial charge in [0, 0.05) is 22.9 Å². The van der Waals surface area contributed by atoms with Gasteiger partial charge in [0.05, 0.1) is 12.2 Å². The number of hydrogen-bond donors (Lipinski definition) is 1. The molecule has 19 heavy (non-hydrogen) atoms. The largest absolute Gasteiger partial charge is 0.324 e. The fraction of sp³-hybridized carbons (Fsp3) is 0.400. The molecule has 0 aliphatic heterocycles. The highest BCUT2D eigenvalue weighted by Gasteiger charge is 2.24. The van der Waals surface area contributed by atoms with Crippen LogP contribution < -0.4 is 5.73 Å². The van der Waals surface area contributed by atoms with E-state index < -0.39 is 0 Å². The molecule has 1 unspecified atom stereocenters. The van der Waals surface area contributed by atoms with Crippen LogP contribution in [0.5, 0.6) is 0 Å². The Kier molecular flexibility index (Phi) is 3.11. The van der Waals surface area contributed by atoms with E-state index in [1.54, 1.807) is 6.07 Å². The van der Waals surface area contributed by atoms with Gasteiger partial charge in [-0.25, -0.2) is 4.39 Å². The molecular weight excluding hydrogens is 241 g/mol. The Balaban J connectivity index is 1.99. The first-order valence-electron chi connectivity index (χ1n) is 6.72. The molecule has 0 radical (unpaired) electrons. The Labute approximate surface area is 112 Å². The maximum Gasteiger partial charge on any atom is 0.128 e. The van der Waals surface area contributed by atoms with Crippen molar-refractivity contribution in [3.8, 4) is 0 Å². The SMILES string of the molecule is Cc1nn(Cc2ccccc2F)c2c1C(N)CCC2. The summed E-state index contributed by atoms with van der Waals surface area (Å²) in [5, 5.41) is 4.55. The number of aryl methyl sites for hydroxylation is 1. The standard InChI is InChI=1S/C15H18FN3/c1-10-15-13(17)7-4-8-14(15)19(18-10)9-11-5-2-3-6-12(11)16/h2-3,5-6,13H,4,7-9,17H2,1H3. The molecule has 3 rings (SSSR count). The number of halogens is 1. The Bertz CT molecular complexity index is 603. The van der Waals surface area contributed by atoms with Gasteiger partial charge in [-0.3, -0.25) is 4.68 Å². The van der Waals surface area contributed by atoms with Gasteiger partial charge in [-0.2, -0.15) is 5.10 Å². The predicted octanol–water partition coefficient (Wildman–Crippen LogP) is 2.72. The molecule has 0 spiro atoms. The number of benzene rings is 1. The van der Waals surface area contributed by atoms with Gasteiger partial charge in [0.2, 0.25) is 0 Å². The Hall–Kier alpha value is -1.68. The molecule has 1 aromatic heterocycles. The second-order valence-corrected chi connectivity index (χ2v) is 5.19. The lowest BCUT2D eigenvalue weighted by molar-refractivity contribution is 0.529. The van der Waals surface area contributed by atoms with Crippen molar-refractivity contribution < 1.29 is 4.39 Å². The van der Waals surface area contributed by atoms with Crippen LogP contribution in [0.3, 0.4) is 0 Å². The summed E-state index contributed by atoms with van der Waals surface area (Å²) in [5.41, 5.74) is 10.2. The van der Waals surface area contributed by atoms with Crippen molar-refractivity contribution in [2.75, 3.05) is 0 Å². The topological polar surface area (TPSA) is 43.8 Å². The summed E-state index contributed by atoms with van der Waals surface area (Å²) in [7, 11) is 0. The molecule has 1 atom stereocenters. The van der Waals surface area contributed by atoms with Gasteiger partial charge in [-0.15, -0.1) is 0 Å². The highest BCUT2D eigenvalue weighted by molar-refractivity contribution is 5.32. The van der Waals surface area contributed by atoms with E-state index in [1.807, 2.05) is 23.7 Å². The van der Waals surface area contributed by atoms with Crippen molar-refractivity contribution in [2.24, 2.45) is 5.73 Å². The molecule has 1 aliphatic carbocycles. The molecule has 0 saturated carbocycles. The molecule has 1 aromatic carbocycles. The molecular formula is C15H18FN3. The van der Waals surface area contributed by atoms with E-state index in [9.17, 15) is 4.39 Å². The lowest BCUT2D eigenvalue weighted by atomic mass is 9.92. The lowest BCUT2D eigenvalue weighted by Gasteiger charge is -2.20. The number of nitrogens with zero attached hydrogens (tertiary/aromatic N) is 2. The summed E-state index contributed by atoms with van der Waals surface area (Å²) in [6.07, 6.45) is 3.08. The zero-order chi connectivity index (χ0) is 13.4. The van der Waals surface area contributed by atoms with Crippen LogP contribution in [0.25, 0.3) is 0 Å². The molecule has 0 amide bonds. The van der Waals surface area contributed by atoms with E-state index in [0.717, 1.165) is 25.0 Å². The zero-order valence-electron chi connectivity index (χ0n) is 11.1. The second-order valence-electron chi connectivity index (χ2n) is 5.19. The average molecular weight is 259 g/mol. The third kappa shape index (κ3) is 2.16. The predicted molar refractivity (Wildman–Crippen MR) is 72.3 cm³/mol. The molecule has 1 heterocycles. The summed E-state index contributed by atoms with van der Waals surface area (Å²) in [6, 6.07) is 6.94. The number of nitrogens with two attached hydrogens (primary N) is 1. The highest BCUT2D eigenvalue weighted by atomic mass is 19.1. The minimum absolute atomic E-state index is 0.0816. The van der Waals surface area contributed by atoms with Gasteiger partial charge in [-0.1, -0.05) is 18.2 Å². The maximum atomic E-state index is 13.7. The maximum absolute atomic E-state index is 13.7. The van der Waals surface area contributed by atoms with Crippen molar-refractivity contribution in [3.05, 3.63) is 52.6 Å². The summed E-state index contributed by atoms with van der Waals surface area (Å²) in [4.78, 5) is 0. The summed E-state index contributed by atoms with van der Waals surface area (Å²) < 4.78 is 15.6. The second kappa shape index (κ2) is 4.78. The van der Waals surface area contributed by atoms with Crippen LogP contribution in [-0.2, 0) is 13.0 Å². The number of hydrogen-bond acceptors (Lipinski definition) is 2. The van der Waals surface area contributed by atoms with E-state index in [2.05, 4.69) is 5.10 Å². The Morgan fingerprint density at radius 2 is 2.21 bits per heavy atom. The Morgan fingerprint density at radius 1 is 1.42 bits per heavy atom. The third-order valence-electron chi connectivity index (χ3n) is 3.86. The summed E-state index contributed by atoms with van der Waals surface area (Å²) >= 11 is 0. The third-order valence-corrected chi connectivity index (χ3v) is 3.86. The van der Waals surface area contributed by atoms with Crippen molar-refractivity contribution in [1.82, 2.24) is 9.78 Å². The average Bonchev–Trinajstić information content (AvgIpc) is 2.71. The zero-order valence-corrected chi connectivity index (χ0v) is 11.1. The highest BCUT2D eigenvalue weighted by Crippen LogP contribution is 2.30. The van der Waals surface area contributed by atoms with Gasteiger partial charge >= 0.3 is 0 Å². The molecule has 1 aliphatic rings. The van der Waals surface area contributed by atoms with Crippen molar-refractivity contribution in [3.63, 3.8) is 0 Å². The van der Waals surface area contributed by atoms with Crippen LogP contribution in [-0.4, -0.2) is 9.78 Å². The van der Waals surface area contributed by atoms with Gasteiger partial charge in [0.25, 0.3) is 0 Å². The molecule has 2 N–H and O–H groups in total. The minimum atomic E-state index is -0.176. The van der Waals surface area contributed by atoms with E-state index in [4.69, 9.17) is 5.73 Å². The first-order valence-corrected chi connectivity index (χ1v) is 6.72. The fourth-order valence-electron chi connectivity index (χ4n) is 2.94. The quantitative estimate of drug-likeness (QED) is 0.901. The van der Waals surface area contributed by atoms with Crippen LogP contribution >= 0.6 is 0 Å². The number of aromatic nitrogens is 2. The molecule has 100 valence electrons. The van der Waals surface area contributed by atoms with Crippen molar-refractivity contribution in [2.45, 2.75) is 38.8 Å². The first-order chi connectivity index (χ1) is 9.16. The Morgan fingerprint density at radius 3 is 3.00 bits per heavy atom. The normalized spacial score (nSPS) is 18.4. The van der Waals surface area contributed by atoms with Crippen LogP contribution in [0.1, 0.15) is 41.4 Å². The molecule has 0 fully saturated rings. The van der Waals surface area contributed by atoms with Gasteiger partial charge in [-0.05, 0) is 32.3 Å². The van der Waals surface area contributed by atoms with Crippen LogP contribution in [0.4, 0.5) is 4.39 Å². The number of rotatable bonds is 2. The molecule has 0 saturated heterocycles. The van der Waals surface area contributed by atoms with E-state index in [1.165, 1.54) is 17.3 Å². The van der Waals surface area contributed by atoms with Gasteiger partial charge in [0.15, 0.2) is 0 Å². The van der Waals surface area contributed by atoms with Crippen LogP contribution in [0.15, 0.2) is 24.3 Å². The van der Waals surface area contributed by atoms with Gasteiger partial charge in [0.1, 0.15) is 5.82 Å². The summed E-state index contributed by atoms with van der Waals surface area (Å²) in [6.45, 7) is 2.47. The van der Waals surface area contributed by atoms with E-state index >= 15 is 0 Å². The first kappa shape index (κ1) is 12.4. The molecule has 4 heteroatoms. The monoisotopic (exact) mass is 259 g/mol. The van der Waals surface area contributed by atoms with Crippen LogP contribution in [0, 0.1) is 12.7 Å². The van der Waals surface area contributed by atoms with Crippen molar-refractivity contribution in [1.29, 1.82) is 0 Å². The summed E-state index contributed by atoms with van der Waals surface area (Å²) in [5.74, 6) is -0.176. The molecule has 3 nitrogen and oxygen atoms in total. The van der Waals surface area contributed by atoms with Crippen LogP contribution in [0.2, 0.25) is 0 Å². The molecule has 2 aromatic rings. The van der Waals surface area contributed by atoms with E-state index in [-0.39, 0.29) is 11.9 Å². The number of fused-ring (bicyclic) bond motifs is 1. The minimum Gasteiger partial charge on any atom is -0.324 e. The molecule has 0 bridgehead atoms. The van der Waals surface area contributed by atoms with E-state index in [0.29, 0.717) is 12.1 Å². The lowest BCUT2D eigenvalue weighted by Crippen LogP contribution is -2.19.